The minimum Gasteiger partial charge on any atom is -0.448 e. The Balaban J connectivity index is 1.44. The Morgan fingerprint density at radius 3 is 2.76 bits per heavy atom. The van der Waals surface area contributed by atoms with E-state index in [2.05, 4.69) is 65.5 Å². The molecule has 0 bridgehead atoms. The van der Waals surface area contributed by atoms with Crippen molar-refractivity contribution in [3.05, 3.63) is 71.7 Å². The van der Waals surface area contributed by atoms with Gasteiger partial charge in [0.25, 0.3) is 0 Å². The summed E-state index contributed by atoms with van der Waals surface area (Å²) in [6.07, 6.45) is 9.47. The SMILES string of the molecule is CC(NCc1ncco1)c1c[nH]c2ncc(-c3ccc(C4CCOCC4)c(CN(C)C)c3)cc12. The van der Waals surface area contributed by atoms with Crippen LogP contribution < -0.4 is 5.32 Å². The van der Waals surface area contributed by atoms with E-state index in [1.54, 1.807) is 12.5 Å². The van der Waals surface area contributed by atoms with E-state index in [4.69, 9.17) is 14.1 Å². The Bertz CT molecular complexity index is 1230. The highest BCUT2D eigenvalue weighted by atomic mass is 16.5. The fraction of sp³-hybridized carbons (Fsp3) is 0.407. The zero-order valence-electron chi connectivity index (χ0n) is 20.2. The van der Waals surface area contributed by atoms with Crippen molar-refractivity contribution in [1.82, 2.24) is 25.2 Å². The van der Waals surface area contributed by atoms with Gasteiger partial charge in [0.05, 0.1) is 12.7 Å². The van der Waals surface area contributed by atoms with Crippen molar-refractivity contribution in [1.29, 1.82) is 0 Å². The van der Waals surface area contributed by atoms with Crippen molar-refractivity contribution in [2.45, 2.75) is 44.8 Å². The van der Waals surface area contributed by atoms with E-state index < -0.39 is 0 Å². The number of nitrogens with one attached hydrogen (secondary N) is 2. The number of hydrogen-bond donors (Lipinski definition) is 2. The van der Waals surface area contributed by atoms with Crippen LogP contribution in [0.1, 0.15) is 54.3 Å². The molecule has 4 heterocycles. The van der Waals surface area contributed by atoms with Gasteiger partial charge in [0, 0.05) is 49.1 Å². The van der Waals surface area contributed by atoms with Crippen molar-refractivity contribution < 1.29 is 9.15 Å². The Morgan fingerprint density at radius 2 is 2.00 bits per heavy atom. The van der Waals surface area contributed by atoms with Gasteiger partial charge in [-0.05, 0) is 74.2 Å². The Kier molecular flexibility index (Phi) is 6.76. The van der Waals surface area contributed by atoms with E-state index >= 15 is 0 Å². The normalized spacial score (nSPS) is 15.9. The second-order valence-electron chi connectivity index (χ2n) is 9.43. The number of benzene rings is 1. The number of ether oxygens (including phenoxy) is 1. The molecule has 7 nitrogen and oxygen atoms in total. The molecule has 0 aliphatic carbocycles. The highest BCUT2D eigenvalue weighted by Crippen LogP contribution is 2.34. The molecular weight excluding hydrogens is 426 g/mol. The van der Waals surface area contributed by atoms with Gasteiger partial charge >= 0.3 is 0 Å². The standard InChI is InChI=1S/C27H33N5O2/c1-18(29-16-26-28-8-11-34-26)25-15-31-27-24(25)13-21(14-30-27)20-4-5-23(19-6-9-33-10-7-19)22(12-20)17-32(2)3/h4-5,8,11-15,18-19,29H,6-7,9-10,16-17H2,1-3H3,(H,30,31). The van der Waals surface area contributed by atoms with Crippen LogP contribution in [0.4, 0.5) is 0 Å². The maximum absolute atomic E-state index is 5.60. The average Bonchev–Trinajstić information content (AvgIpc) is 3.52. The van der Waals surface area contributed by atoms with Crippen LogP contribution in [0, 0.1) is 0 Å². The number of oxazole rings is 1. The molecule has 2 N–H and O–H groups in total. The molecule has 1 atom stereocenters. The van der Waals surface area contributed by atoms with Gasteiger partial charge in [-0.15, -0.1) is 0 Å². The number of nitrogens with zero attached hydrogens (tertiary/aromatic N) is 3. The zero-order valence-corrected chi connectivity index (χ0v) is 20.2. The maximum Gasteiger partial charge on any atom is 0.207 e. The van der Waals surface area contributed by atoms with Gasteiger partial charge in [-0.25, -0.2) is 9.97 Å². The van der Waals surface area contributed by atoms with Crippen molar-refractivity contribution in [3.8, 4) is 11.1 Å². The number of pyridine rings is 1. The molecule has 178 valence electrons. The topological polar surface area (TPSA) is 79.2 Å². The Labute approximate surface area is 200 Å². The lowest BCUT2D eigenvalue weighted by Crippen LogP contribution is -2.18. The summed E-state index contributed by atoms with van der Waals surface area (Å²) in [7, 11) is 4.26. The van der Waals surface area contributed by atoms with Crippen LogP contribution in [-0.2, 0) is 17.8 Å². The van der Waals surface area contributed by atoms with Crippen molar-refractivity contribution >= 4 is 11.0 Å². The summed E-state index contributed by atoms with van der Waals surface area (Å²) in [6, 6.07) is 9.30. The molecule has 3 aromatic heterocycles. The van der Waals surface area contributed by atoms with Crippen LogP contribution in [0.5, 0.6) is 0 Å². The number of hydrogen-bond acceptors (Lipinski definition) is 6. The van der Waals surface area contributed by atoms with Crippen LogP contribution in [0.25, 0.3) is 22.2 Å². The van der Waals surface area contributed by atoms with E-state index in [9.17, 15) is 0 Å². The molecule has 1 saturated heterocycles. The molecule has 34 heavy (non-hydrogen) atoms. The van der Waals surface area contributed by atoms with Gasteiger partial charge in [-0.2, -0.15) is 0 Å². The quantitative estimate of drug-likeness (QED) is 0.385. The lowest BCUT2D eigenvalue weighted by atomic mass is 9.86. The summed E-state index contributed by atoms with van der Waals surface area (Å²) in [5, 5.41) is 4.63. The molecular formula is C27H33N5O2. The van der Waals surface area contributed by atoms with E-state index in [1.165, 1.54) is 22.3 Å². The highest BCUT2D eigenvalue weighted by molar-refractivity contribution is 5.85. The first-order valence-electron chi connectivity index (χ1n) is 12.0. The van der Waals surface area contributed by atoms with E-state index in [0.717, 1.165) is 49.2 Å². The lowest BCUT2D eigenvalue weighted by Gasteiger charge is -2.26. The van der Waals surface area contributed by atoms with Crippen LogP contribution in [0.15, 0.2) is 53.5 Å². The summed E-state index contributed by atoms with van der Waals surface area (Å²) in [5.74, 6) is 1.26. The van der Waals surface area contributed by atoms with Crippen LogP contribution >= 0.6 is 0 Å². The van der Waals surface area contributed by atoms with Crippen molar-refractivity contribution in [2.24, 2.45) is 0 Å². The molecule has 1 unspecified atom stereocenters. The van der Waals surface area contributed by atoms with E-state index in [1.807, 2.05) is 12.4 Å². The molecule has 1 aliphatic heterocycles. The maximum atomic E-state index is 5.60. The first-order valence-corrected chi connectivity index (χ1v) is 12.0. The monoisotopic (exact) mass is 459 g/mol. The predicted molar refractivity (Wildman–Crippen MR) is 133 cm³/mol. The van der Waals surface area contributed by atoms with E-state index in [0.29, 0.717) is 18.4 Å². The summed E-state index contributed by atoms with van der Waals surface area (Å²) in [4.78, 5) is 14.5. The van der Waals surface area contributed by atoms with Gasteiger partial charge in [-0.3, -0.25) is 0 Å². The number of H-pyrrole nitrogens is 1. The van der Waals surface area contributed by atoms with Gasteiger partial charge in [0.2, 0.25) is 5.89 Å². The van der Waals surface area contributed by atoms with Gasteiger partial charge in [0.15, 0.2) is 0 Å². The molecule has 1 fully saturated rings. The summed E-state index contributed by atoms with van der Waals surface area (Å²) < 4.78 is 11.0. The predicted octanol–water partition coefficient (Wildman–Crippen LogP) is 5.02. The fourth-order valence-electron chi connectivity index (χ4n) is 4.90. The van der Waals surface area contributed by atoms with Gasteiger partial charge < -0.3 is 24.4 Å². The van der Waals surface area contributed by atoms with Crippen LogP contribution in [-0.4, -0.2) is 47.2 Å². The smallest absolute Gasteiger partial charge is 0.207 e. The Morgan fingerprint density at radius 1 is 1.15 bits per heavy atom. The first-order chi connectivity index (χ1) is 16.6. The molecule has 7 heteroatoms. The Hall–Kier alpha value is -3.00. The molecule has 0 amide bonds. The van der Waals surface area contributed by atoms with E-state index in [-0.39, 0.29) is 6.04 Å². The fourth-order valence-corrected chi connectivity index (χ4v) is 4.90. The molecule has 5 rings (SSSR count). The molecule has 0 saturated carbocycles. The zero-order chi connectivity index (χ0) is 23.5. The molecule has 1 aliphatic rings. The number of fused-ring (bicyclic) bond motifs is 1. The molecule has 1 aromatic carbocycles. The summed E-state index contributed by atoms with van der Waals surface area (Å²) in [5.41, 5.74) is 7.27. The van der Waals surface area contributed by atoms with Crippen LogP contribution in [0.3, 0.4) is 0 Å². The molecule has 4 aromatic rings. The van der Waals surface area contributed by atoms with Crippen LogP contribution in [0.2, 0.25) is 0 Å². The second-order valence-corrected chi connectivity index (χ2v) is 9.43. The summed E-state index contributed by atoms with van der Waals surface area (Å²) in [6.45, 7) is 5.36. The van der Waals surface area contributed by atoms with Gasteiger partial charge in [0.1, 0.15) is 11.9 Å². The third kappa shape index (κ3) is 4.92. The molecule has 0 radical (unpaired) electrons. The van der Waals surface area contributed by atoms with Gasteiger partial charge in [-0.1, -0.05) is 12.1 Å². The van der Waals surface area contributed by atoms with Crippen molar-refractivity contribution in [3.63, 3.8) is 0 Å². The summed E-state index contributed by atoms with van der Waals surface area (Å²) >= 11 is 0. The largest absolute Gasteiger partial charge is 0.448 e. The lowest BCUT2D eigenvalue weighted by molar-refractivity contribution is 0.0850. The third-order valence-corrected chi connectivity index (χ3v) is 6.70. The minimum absolute atomic E-state index is 0.123. The number of aromatic nitrogens is 3. The minimum atomic E-state index is 0.123. The molecule has 0 spiro atoms. The second kappa shape index (κ2) is 10.1. The third-order valence-electron chi connectivity index (χ3n) is 6.70. The highest BCUT2D eigenvalue weighted by Gasteiger charge is 2.20. The number of rotatable bonds is 8. The van der Waals surface area contributed by atoms with Crippen molar-refractivity contribution in [2.75, 3.05) is 27.3 Å². The first kappa shape index (κ1) is 22.8. The average molecular weight is 460 g/mol. The number of aromatic amines is 1.